The lowest BCUT2D eigenvalue weighted by atomic mass is 9.88. The van der Waals surface area contributed by atoms with Crippen LogP contribution >= 0.6 is 0 Å². The minimum atomic E-state index is -0.662. The largest absolute Gasteiger partial charge is 0.300 e. The van der Waals surface area contributed by atoms with Gasteiger partial charge in [-0.1, -0.05) is 44.7 Å². The van der Waals surface area contributed by atoms with Gasteiger partial charge in [0.1, 0.15) is 5.82 Å². The predicted octanol–water partition coefficient (Wildman–Crippen LogP) is 6.02. The Morgan fingerprint density at radius 1 is 1.06 bits per heavy atom. The molecule has 0 spiro atoms. The number of hydrogen-bond donors (Lipinski definition) is 0. The zero-order valence-electron chi connectivity index (χ0n) is 18.0. The number of unbranched alkanes of at least 4 members (excludes halogenated alkanes) is 3. The Morgan fingerprint density at radius 2 is 1.87 bits per heavy atom. The summed E-state index contributed by atoms with van der Waals surface area (Å²) in [6.45, 7) is 4.23. The molecule has 3 aromatic rings. The molecule has 2 aromatic carbocycles. The number of nitrogens with zero attached hydrogens (tertiary/aromatic N) is 2. The van der Waals surface area contributed by atoms with Gasteiger partial charge < -0.3 is 0 Å². The van der Waals surface area contributed by atoms with E-state index in [0.29, 0.717) is 28.6 Å². The van der Waals surface area contributed by atoms with Gasteiger partial charge in [-0.15, -0.1) is 0 Å². The van der Waals surface area contributed by atoms with Gasteiger partial charge in [0.25, 0.3) is 5.91 Å². The van der Waals surface area contributed by atoms with Crippen molar-refractivity contribution in [2.75, 3.05) is 4.90 Å². The second-order valence-corrected chi connectivity index (χ2v) is 9.09. The fourth-order valence-electron chi connectivity index (χ4n) is 5.50. The molecule has 1 amide bonds. The summed E-state index contributed by atoms with van der Waals surface area (Å²) in [5.74, 6) is -0.495. The van der Waals surface area contributed by atoms with E-state index >= 15 is 0 Å². The van der Waals surface area contributed by atoms with E-state index in [4.69, 9.17) is 0 Å². The Balaban J connectivity index is 1.69. The lowest BCUT2D eigenvalue weighted by molar-refractivity contribution is -0.120. The van der Waals surface area contributed by atoms with Crippen LogP contribution in [0.25, 0.3) is 10.9 Å². The molecule has 1 fully saturated rings. The molecule has 0 bridgehead atoms. The van der Waals surface area contributed by atoms with Crippen LogP contribution < -0.4 is 4.90 Å². The first kappa shape index (κ1) is 20.0. The first-order chi connectivity index (χ1) is 15.0. The molecule has 0 N–H and O–H groups in total. The molecule has 0 saturated carbocycles. The summed E-state index contributed by atoms with van der Waals surface area (Å²) in [5, 5.41) is 0.683. The molecule has 0 aliphatic carbocycles. The van der Waals surface area contributed by atoms with Gasteiger partial charge >= 0.3 is 0 Å². The van der Waals surface area contributed by atoms with Gasteiger partial charge in [0.05, 0.1) is 28.0 Å². The Bertz CT molecular complexity index is 1200. The van der Waals surface area contributed by atoms with Crippen molar-refractivity contribution < 1.29 is 14.0 Å². The first-order valence-electron chi connectivity index (χ1n) is 11.2. The smallest absolute Gasteiger partial charge is 0.264 e. The van der Waals surface area contributed by atoms with Gasteiger partial charge in [-0.25, -0.2) is 4.39 Å². The molecule has 160 valence electrons. The number of carbonyl (C=O) groups excluding carboxylic acids is 2. The summed E-state index contributed by atoms with van der Waals surface area (Å²) in [4.78, 5) is 29.1. The number of amides is 1. The van der Waals surface area contributed by atoms with Crippen LogP contribution in [-0.2, 0) is 10.3 Å². The number of carbonyl (C=O) groups is 2. The highest BCUT2D eigenvalue weighted by atomic mass is 19.1. The molecule has 2 unspecified atom stereocenters. The minimum Gasteiger partial charge on any atom is -0.300 e. The monoisotopic (exact) mass is 418 g/mol. The fourth-order valence-corrected chi connectivity index (χ4v) is 5.50. The van der Waals surface area contributed by atoms with Gasteiger partial charge in [0.15, 0.2) is 0 Å². The van der Waals surface area contributed by atoms with Crippen LogP contribution in [0, 0.1) is 11.7 Å². The maximum absolute atomic E-state index is 13.9. The van der Waals surface area contributed by atoms with E-state index in [1.54, 1.807) is 16.7 Å². The van der Waals surface area contributed by atoms with Crippen LogP contribution in [0.2, 0.25) is 0 Å². The summed E-state index contributed by atoms with van der Waals surface area (Å²) < 4.78 is 15.6. The average Bonchev–Trinajstić information content (AvgIpc) is 3.24. The maximum Gasteiger partial charge on any atom is 0.264 e. The Kier molecular flexibility index (Phi) is 4.72. The Labute approximate surface area is 181 Å². The van der Waals surface area contributed by atoms with Crippen molar-refractivity contribution in [2.24, 2.45) is 5.92 Å². The molecule has 3 heterocycles. The van der Waals surface area contributed by atoms with Gasteiger partial charge in [-0.2, -0.15) is 0 Å². The summed E-state index contributed by atoms with van der Waals surface area (Å²) in [7, 11) is 0. The molecular weight excluding hydrogens is 391 g/mol. The number of rotatable bonds is 5. The van der Waals surface area contributed by atoms with Crippen molar-refractivity contribution in [1.82, 2.24) is 4.57 Å². The summed E-state index contributed by atoms with van der Waals surface area (Å²) in [6.07, 6.45) is 6.01. The second kappa shape index (κ2) is 7.33. The zero-order chi connectivity index (χ0) is 21.8. The van der Waals surface area contributed by atoms with Crippen molar-refractivity contribution in [1.29, 1.82) is 0 Å². The first-order valence-corrected chi connectivity index (χ1v) is 11.2. The van der Waals surface area contributed by atoms with Crippen molar-refractivity contribution in [3.8, 4) is 0 Å². The molecule has 5 rings (SSSR count). The zero-order valence-corrected chi connectivity index (χ0v) is 18.0. The topological polar surface area (TPSA) is 42.3 Å². The molecule has 2 atom stereocenters. The SMILES string of the molecule is CCCCCCC1CC2(C)c3cc4cc(F)ccc4n3C(=O)c3ccccc3N2C1=O. The third-order valence-corrected chi connectivity index (χ3v) is 7.01. The number of hydrogen-bond acceptors (Lipinski definition) is 2. The quantitative estimate of drug-likeness (QED) is 0.476. The van der Waals surface area contributed by atoms with Crippen LogP contribution in [0.4, 0.5) is 10.1 Å². The summed E-state index contributed by atoms with van der Waals surface area (Å²) in [5.41, 5.74) is 1.96. The molecule has 5 heteroatoms. The van der Waals surface area contributed by atoms with Crippen molar-refractivity contribution in [3.63, 3.8) is 0 Å². The average molecular weight is 419 g/mol. The van der Waals surface area contributed by atoms with Crippen molar-refractivity contribution >= 4 is 28.4 Å². The summed E-state index contributed by atoms with van der Waals surface area (Å²) in [6, 6.07) is 13.8. The van der Waals surface area contributed by atoms with E-state index in [0.717, 1.165) is 31.4 Å². The lowest BCUT2D eigenvalue weighted by Crippen LogP contribution is -2.41. The van der Waals surface area contributed by atoms with Crippen LogP contribution in [0.1, 0.15) is 68.4 Å². The maximum atomic E-state index is 13.9. The predicted molar refractivity (Wildman–Crippen MR) is 120 cm³/mol. The normalized spacial score (nSPS) is 22.4. The van der Waals surface area contributed by atoms with Gasteiger partial charge in [-0.3, -0.25) is 19.1 Å². The minimum absolute atomic E-state index is 0.0775. The number of benzene rings is 2. The van der Waals surface area contributed by atoms with Crippen LogP contribution in [0.5, 0.6) is 0 Å². The van der Waals surface area contributed by atoms with Gasteiger partial charge in [0, 0.05) is 11.3 Å². The van der Waals surface area contributed by atoms with E-state index in [1.165, 1.54) is 18.6 Å². The number of fused-ring (bicyclic) bond motifs is 7. The molecule has 1 aromatic heterocycles. The third kappa shape index (κ3) is 2.93. The Morgan fingerprint density at radius 3 is 2.68 bits per heavy atom. The highest BCUT2D eigenvalue weighted by Gasteiger charge is 2.53. The Hall–Kier alpha value is -2.95. The van der Waals surface area contributed by atoms with Gasteiger partial charge in [0.2, 0.25) is 5.91 Å². The highest BCUT2D eigenvalue weighted by Crippen LogP contribution is 2.50. The van der Waals surface area contributed by atoms with Crippen molar-refractivity contribution in [3.05, 3.63) is 65.6 Å². The van der Waals surface area contributed by atoms with E-state index < -0.39 is 5.54 Å². The van der Waals surface area contributed by atoms with Crippen molar-refractivity contribution in [2.45, 2.75) is 57.9 Å². The molecule has 0 radical (unpaired) electrons. The number of para-hydroxylation sites is 1. The second-order valence-electron chi connectivity index (χ2n) is 9.09. The third-order valence-electron chi connectivity index (χ3n) is 7.01. The number of anilines is 1. The number of aromatic nitrogens is 1. The molecule has 4 nitrogen and oxygen atoms in total. The molecular formula is C26H27FN2O2. The van der Waals surface area contributed by atoms with Crippen LogP contribution in [0.15, 0.2) is 48.5 Å². The van der Waals surface area contributed by atoms with E-state index in [9.17, 15) is 14.0 Å². The van der Waals surface area contributed by atoms with Crippen LogP contribution in [0.3, 0.4) is 0 Å². The standard InChI is InChI=1S/C26H27FN2O2/c1-3-4-5-6-9-17-16-26(2)23-15-18-14-19(27)12-13-21(18)28(23)25(31)20-10-7-8-11-22(20)29(26)24(17)30/h7-8,10-15,17H,3-6,9,16H2,1-2H3. The molecule has 2 aliphatic rings. The molecule has 31 heavy (non-hydrogen) atoms. The van der Waals surface area contributed by atoms with E-state index in [1.807, 2.05) is 36.1 Å². The lowest BCUT2D eigenvalue weighted by Gasteiger charge is -2.34. The fraction of sp³-hybridized carbons (Fsp3) is 0.385. The van der Waals surface area contributed by atoms with Crippen LogP contribution in [-0.4, -0.2) is 16.4 Å². The van der Waals surface area contributed by atoms with E-state index in [2.05, 4.69) is 6.92 Å². The van der Waals surface area contributed by atoms with Gasteiger partial charge in [-0.05, 0) is 56.2 Å². The number of halogens is 1. The van der Waals surface area contributed by atoms with E-state index in [-0.39, 0.29) is 23.5 Å². The molecule has 2 aliphatic heterocycles. The highest BCUT2D eigenvalue weighted by molar-refractivity contribution is 6.12. The molecule has 1 saturated heterocycles. The summed E-state index contributed by atoms with van der Waals surface area (Å²) >= 11 is 0.